The predicted octanol–water partition coefficient (Wildman–Crippen LogP) is 10.6. The van der Waals surface area contributed by atoms with Crippen molar-refractivity contribution in [2.24, 2.45) is 0 Å². The van der Waals surface area contributed by atoms with Gasteiger partial charge in [-0.15, -0.1) is 0 Å². The highest BCUT2D eigenvalue weighted by molar-refractivity contribution is 6.31. The lowest BCUT2D eigenvalue weighted by molar-refractivity contribution is -0.139. The molecule has 2 amide bonds. The summed E-state index contributed by atoms with van der Waals surface area (Å²) in [4.78, 5) is 45.6. The first kappa shape index (κ1) is 43.5. The minimum Gasteiger partial charge on any atom is -0.508 e. The molecule has 8 aromatic rings. The van der Waals surface area contributed by atoms with Gasteiger partial charge in [0.25, 0.3) is 11.8 Å². The van der Waals surface area contributed by atoms with Crippen molar-refractivity contribution in [1.29, 1.82) is 0 Å². The second-order valence-electron chi connectivity index (χ2n) is 18.0. The number of amides is 2. The number of ether oxygens (including phenoxy) is 2. The average Bonchev–Trinajstić information content (AvgIpc) is 4.20. The van der Waals surface area contributed by atoms with Crippen LogP contribution < -0.4 is 9.47 Å². The molecule has 68 heavy (non-hydrogen) atoms. The van der Waals surface area contributed by atoms with Crippen molar-refractivity contribution in [3.8, 4) is 45.3 Å². The maximum Gasteiger partial charge on any atom is 0.263 e. The number of nitrogens with one attached hydrogen (secondary N) is 2. The smallest absolute Gasteiger partial charge is 0.263 e. The topological polar surface area (TPSA) is 157 Å². The SMILES string of the molecule is O=C([C@@H]1Cc2cc(Cl)cc(-c3ccnc4[nH]ccc34)c2O1)N1CCC(c2ccccc2O)CC1.O=C([C@H]1Cc2cc(Cl)cc(-c3ccnc4[nH]ccc34)c2O1)N1CCC(c2ccccc2O)CC1. The molecule has 8 heterocycles. The Kier molecular flexibility index (Phi) is 11.7. The van der Waals surface area contributed by atoms with Gasteiger partial charge in [0.1, 0.15) is 34.3 Å². The van der Waals surface area contributed by atoms with Crippen LogP contribution in [0.1, 0.15) is 59.8 Å². The number of aromatic hydroxyl groups is 2. The maximum absolute atomic E-state index is 13.4. The van der Waals surface area contributed by atoms with Crippen molar-refractivity contribution < 1.29 is 29.3 Å². The van der Waals surface area contributed by atoms with Gasteiger partial charge < -0.3 is 39.5 Å². The van der Waals surface area contributed by atoms with Crippen molar-refractivity contribution >= 4 is 57.1 Å². The van der Waals surface area contributed by atoms with E-state index in [0.717, 1.165) is 104 Å². The van der Waals surface area contributed by atoms with Gasteiger partial charge in [0.15, 0.2) is 12.2 Å². The number of para-hydroxylation sites is 2. The lowest BCUT2D eigenvalue weighted by Gasteiger charge is -2.33. The lowest BCUT2D eigenvalue weighted by Crippen LogP contribution is -2.45. The van der Waals surface area contributed by atoms with Crippen molar-refractivity contribution in [2.75, 3.05) is 26.2 Å². The summed E-state index contributed by atoms with van der Waals surface area (Å²) < 4.78 is 12.6. The number of aromatic nitrogens is 4. The van der Waals surface area contributed by atoms with Crippen LogP contribution in [0.15, 0.2) is 122 Å². The highest BCUT2D eigenvalue weighted by Gasteiger charge is 2.38. The number of likely N-dealkylation sites (tertiary alicyclic amines) is 2. The number of pyridine rings is 2. The molecule has 2 atom stereocenters. The van der Waals surface area contributed by atoms with Crippen molar-refractivity contribution in [2.45, 2.75) is 62.6 Å². The molecule has 0 aliphatic carbocycles. The van der Waals surface area contributed by atoms with E-state index >= 15 is 0 Å². The Morgan fingerprint density at radius 2 is 0.971 bits per heavy atom. The van der Waals surface area contributed by atoms with E-state index in [2.05, 4.69) is 19.9 Å². The Hall–Kier alpha value is -7.02. The van der Waals surface area contributed by atoms with E-state index in [4.69, 9.17) is 32.7 Å². The highest BCUT2D eigenvalue weighted by atomic mass is 35.5. The number of piperidine rings is 2. The summed E-state index contributed by atoms with van der Waals surface area (Å²) in [7, 11) is 0. The number of phenolic OH excluding ortho intramolecular Hbond substituents is 2. The maximum atomic E-state index is 13.4. The van der Waals surface area contributed by atoms with Crippen LogP contribution >= 0.6 is 23.2 Å². The van der Waals surface area contributed by atoms with Gasteiger partial charge in [0.05, 0.1) is 0 Å². The molecule has 4 N–H and O–H groups in total. The fourth-order valence-electron chi connectivity index (χ4n) is 10.6. The molecule has 12 nitrogen and oxygen atoms in total. The van der Waals surface area contributed by atoms with E-state index in [9.17, 15) is 19.8 Å². The second-order valence-corrected chi connectivity index (χ2v) is 18.9. The molecule has 12 rings (SSSR count). The molecular formula is C54H48Cl2N6O6. The second kappa shape index (κ2) is 18.2. The number of halogens is 2. The van der Waals surface area contributed by atoms with E-state index in [0.29, 0.717) is 60.6 Å². The average molecular weight is 948 g/mol. The van der Waals surface area contributed by atoms with Gasteiger partial charge in [0, 0.05) is 107 Å². The summed E-state index contributed by atoms with van der Waals surface area (Å²) in [5, 5.41) is 23.6. The van der Waals surface area contributed by atoms with Gasteiger partial charge in [-0.05, 0) is 120 Å². The van der Waals surface area contributed by atoms with Crippen LogP contribution in [-0.2, 0) is 22.4 Å². The predicted molar refractivity (Wildman–Crippen MR) is 263 cm³/mol. The van der Waals surface area contributed by atoms with Crippen LogP contribution in [0.25, 0.3) is 44.3 Å². The molecule has 4 aliphatic heterocycles. The summed E-state index contributed by atoms with van der Waals surface area (Å²) in [6, 6.07) is 30.4. The normalized spacial score (nSPS) is 18.1. The number of fused-ring (bicyclic) bond motifs is 4. The molecule has 4 aliphatic rings. The number of carbonyl (C=O) groups is 2. The van der Waals surface area contributed by atoms with E-state index in [1.807, 2.05) is 107 Å². The first-order valence-electron chi connectivity index (χ1n) is 23.1. The Labute approximate surface area is 402 Å². The monoisotopic (exact) mass is 946 g/mol. The molecular weight excluding hydrogens is 900 g/mol. The van der Waals surface area contributed by atoms with Crippen LogP contribution in [0.3, 0.4) is 0 Å². The largest absolute Gasteiger partial charge is 0.508 e. The highest BCUT2D eigenvalue weighted by Crippen LogP contribution is 2.46. The van der Waals surface area contributed by atoms with Gasteiger partial charge in [-0.2, -0.15) is 0 Å². The van der Waals surface area contributed by atoms with E-state index in [1.165, 1.54) is 0 Å². The molecule has 14 heteroatoms. The van der Waals surface area contributed by atoms with Gasteiger partial charge in [-0.25, -0.2) is 9.97 Å². The lowest BCUT2D eigenvalue weighted by atomic mass is 9.88. The number of phenols is 2. The van der Waals surface area contributed by atoms with Crippen molar-refractivity contribution in [3.63, 3.8) is 0 Å². The zero-order valence-corrected chi connectivity index (χ0v) is 38.5. The Balaban J connectivity index is 0.000000149. The molecule has 0 spiro atoms. The number of H-pyrrole nitrogens is 2. The first-order chi connectivity index (χ1) is 33.2. The van der Waals surface area contributed by atoms with Crippen molar-refractivity contribution in [3.05, 3.63) is 154 Å². The minimum absolute atomic E-state index is 0.00975. The van der Waals surface area contributed by atoms with Gasteiger partial charge in [-0.3, -0.25) is 9.59 Å². The quantitative estimate of drug-likeness (QED) is 0.128. The molecule has 4 aromatic heterocycles. The van der Waals surface area contributed by atoms with Crippen molar-refractivity contribution in [1.82, 2.24) is 29.7 Å². The minimum atomic E-state index is -0.558. The number of hydrogen-bond acceptors (Lipinski definition) is 8. The third-order valence-electron chi connectivity index (χ3n) is 14.0. The summed E-state index contributed by atoms with van der Waals surface area (Å²) in [5.41, 5.74) is 9.12. The zero-order valence-electron chi connectivity index (χ0n) is 37.0. The van der Waals surface area contributed by atoms with E-state index < -0.39 is 12.2 Å². The van der Waals surface area contributed by atoms with Gasteiger partial charge in [-0.1, -0.05) is 59.6 Å². The molecule has 0 radical (unpaired) electrons. The molecule has 4 aromatic carbocycles. The molecule has 2 fully saturated rings. The summed E-state index contributed by atoms with van der Waals surface area (Å²) in [6.07, 6.45) is 10.4. The molecule has 0 unspecified atom stereocenters. The number of nitrogens with zero attached hydrogens (tertiary/aromatic N) is 4. The number of hydrogen-bond donors (Lipinski definition) is 4. The Morgan fingerprint density at radius 1 is 0.559 bits per heavy atom. The first-order valence-corrected chi connectivity index (χ1v) is 23.9. The van der Waals surface area contributed by atoms with Crippen LogP contribution in [-0.4, -0.2) is 90.2 Å². The third-order valence-corrected chi connectivity index (χ3v) is 14.4. The molecule has 0 bridgehead atoms. The molecule has 344 valence electrons. The number of benzene rings is 4. The summed E-state index contributed by atoms with van der Waals surface area (Å²) >= 11 is 12.9. The van der Waals surface area contributed by atoms with E-state index in [-0.39, 0.29) is 23.7 Å². The van der Waals surface area contributed by atoms with E-state index in [1.54, 1.807) is 24.5 Å². The van der Waals surface area contributed by atoms with Crippen LogP contribution in [0.2, 0.25) is 10.0 Å². The Bertz CT molecular complexity index is 3000. The fourth-order valence-corrected chi connectivity index (χ4v) is 11.1. The molecule has 2 saturated heterocycles. The third kappa shape index (κ3) is 8.25. The van der Waals surface area contributed by atoms with Crippen LogP contribution in [0.4, 0.5) is 0 Å². The summed E-state index contributed by atoms with van der Waals surface area (Å²) in [5.74, 6) is 2.64. The van der Waals surface area contributed by atoms with Gasteiger partial charge >= 0.3 is 0 Å². The number of carbonyl (C=O) groups excluding carboxylic acids is 2. The number of rotatable bonds is 6. The zero-order chi connectivity index (χ0) is 46.5. The standard InChI is InChI=1S/2C27H24ClN3O3/c2*28-18-13-17-14-24(27(33)31-11-7-16(8-12-31)19-3-1-2-4-23(19)32)34-25(17)22(15-18)20-5-9-29-26-21(20)6-10-30-26/h2*1-6,9-10,13,15-16,24,32H,7-8,11-12,14H2,(H,29,30)/t2*24-/m10/s1. The summed E-state index contributed by atoms with van der Waals surface area (Å²) in [6.45, 7) is 2.60. The number of aromatic amines is 2. The van der Waals surface area contributed by atoms with Gasteiger partial charge in [0.2, 0.25) is 0 Å². The fraction of sp³-hybridized carbons (Fsp3) is 0.259. The van der Waals surface area contributed by atoms with Crippen LogP contribution in [0, 0.1) is 0 Å². The van der Waals surface area contributed by atoms with Crippen LogP contribution in [0.5, 0.6) is 23.0 Å². The molecule has 0 saturated carbocycles. The Morgan fingerprint density at radius 3 is 1.38 bits per heavy atom.